The van der Waals surface area contributed by atoms with Crippen molar-refractivity contribution in [1.29, 1.82) is 0 Å². The highest BCUT2D eigenvalue weighted by molar-refractivity contribution is 7.89. The zero-order valence-corrected chi connectivity index (χ0v) is 10.3. The van der Waals surface area contributed by atoms with E-state index < -0.39 is 27.8 Å². The number of carboxylic acid groups (broad SMARTS) is 1. The van der Waals surface area contributed by atoms with E-state index in [0.717, 1.165) is 0 Å². The van der Waals surface area contributed by atoms with Crippen molar-refractivity contribution in [2.24, 2.45) is 11.1 Å². The molecule has 18 heavy (non-hydrogen) atoms. The van der Waals surface area contributed by atoms with E-state index >= 15 is 0 Å². The lowest BCUT2D eigenvalue weighted by atomic mass is 10.1. The molecule has 0 fully saturated rings. The van der Waals surface area contributed by atoms with Gasteiger partial charge in [0.15, 0.2) is 0 Å². The molecule has 1 atom stereocenters. The van der Waals surface area contributed by atoms with Crippen molar-refractivity contribution in [3.8, 4) is 0 Å². The van der Waals surface area contributed by atoms with Crippen molar-refractivity contribution >= 4 is 27.6 Å². The lowest BCUT2D eigenvalue weighted by Crippen LogP contribution is -2.26. The first-order chi connectivity index (χ1) is 8.21. The third kappa shape index (κ3) is 3.54. The number of sulfonamides is 1. The minimum atomic E-state index is -3.78. The Bertz CT molecular complexity index is 564. The van der Waals surface area contributed by atoms with Gasteiger partial charge in [-0.2, -0.15) is 0 Å². The first-order valence-electron chi connectivity index (χ1n) is 4.88. The summed E-state index contributed by atoms with van der Waals surface area (Å²) in [5.41, 5.74) is 0.292. The number of hydrogen-bond acceptors (Lipinski definition) is 4. The van der Waals surface area contributed by atoms with Crippen molar-refractivity contribution in [1.82, 2.24) is 0 Å². The summed E-state index contributed by atoms with van der Waals surface area (Å²) in [7, 11) is -3.78. The Morgan fingerprint density at radius 3 is 2.17 bits per heavy atom. The molecule has 0 spiro atoms. The van der Waals surface area contributed by atoms with Crippen molar-refractivity contribution in [3.05, 3.63) is 24.3 Å². The molecule has 0 aliphatic heterocycles. The van der Waals surface area contributed by atoms with E-state index in [9.17, 15) is 18.0 Å². The first kappa shape index (κ1) is 14.1. The maximum atomic E-state index is 11.4. The van der Waals surface area contributed by atoms with Crippen LogP contribution >= 0.6 is 0 Å². The highest BCUT2D eigenvalue weighted by Gasteiger charge is 2.20. The van der Waals surface area contributed by atoms with Crippen LogP contribution in [0.3, 0.4) is 0 Å². The van der Waals surface area contributed by atoms with E-state index in [4.69, 9.17) is 10.2 Å². The maximum absolute atomic E-state index is 11.4. The fraction of sp³-hybridized carbons (Fsp3) is 0.200. The van der Waals surface area contributed by atoms with Gasteiger partial charge < -0.3 is 10.4 Å². The summed E-state index contributed by atoms with van der Waals surface area (Å²) in [4.78, 5) is 21.9. The number of anilines is 1. The number of nitrogens with two attached hydrogens (primary N) is 1. The minimum absolute atomic E-state index is 0.0909. The van der Waals surface area contributed by atoms with Crippen LogP contribution in [-0.2, 0) is 19.6 Å². The molecule has 1 aromatic carbocycles. The Balaban J connectivity index is 2.82. The van der Waals surface area contributed by atoms with E-state index in [1.165, 1.54) is 31.2 Å². The van der Waals surface area contributed by atoms with Crippen molar-refractivity contribution in [3.63, 3.8) is 0 Å². The van der Waals surface area contributed by atoms with Crippen molar-refractivity contribution in [2.75, 3.05) is 5.32 Å². The van der Waals surface area contributed by atoms with Crippen LogP contribution in [0.4, 0.5) is 5.69 Å². The number of amides is 1. The quantitative estimate of drug-likeness (QED) is 0.664. The van der Waals surface area contributed by atoms with E-state index in [1.54, 1.807) is 0 Å². The number of nitrogens with one attached hydrogen (secondary N) is 1. The first-order valence-corrected chi connectivity index (χ1v) is 6.43. The molecule has 1 rings (SSSR count). The van der Waals surface area contributed by atoms with Crippen LogP contribution in [0.5, 0.6) is 0 Å². The predicted molar refractivity (Wildman–Crippen MR) is 63.2 cm³/mol. The Labute approximate surface area is 104 Å². The molecular formula is C10H12N2O5S. The molecule has 0 aromatic heterocycles. The van der Waals surface area contributed by atoms with E-state index in [2.05, 4.69) is 5.32 Å². The molecule has 98 valence electrons. The van der Waals surface area contributed by atoms with Crippen LogP contribution in [0.25, 0.3) is 0 Å². The van der Waals surface area contributed by atoms with Crippen molar-refractivity contribution in [2.45, 2.75) is 11.8 Å². The summed E-state index contributed by atoms with van der Waals surface area (Å²) < 4.78 is 22.0. The number of benzene rings is 1. The smallest absolute Gasteiger partial charge is 0.315 e. The van der Waals surface area contributed by atoms with Crippen LogP contribution in [0.2, 0.25) is 0 Å². The largest absolute Gasteiger partial charge is 0.481 e. The summed E-state index contributed by atoms with van der Waals surface area (Å²) in [6, 6.07) is 5.09. The molecule has 8 heteroatoms. The molecular weight excluding hydrogens is 260 g/mol. The number of aliphatic carboxylic acids is 1. The third-order valence-electron chi connectivity index (χ3n) is 2.21. The molecule has 0 aliphatic rings. The lowest BCUT2D eigenvalue weighted by molar-refractivity contribution is -0.144. The predicted octanol–water partition coefficient (Wildman–Crippen LogP) is -0.00680. The van der Waals surface area contributed by atoms with E-state index in [0.29, 0.717) is 5.69 Å². The molecule has 0 bridgehead atoms. The average Bonchev–Trinajstić information content (AvgIpc) is 2.27. The molecule has 1 unspecified atom stereocenters. The Morgan fingerprint density at radius 2 is 1.78 bits per heavy atom. The van der Waals surface area contributed by atoms with Gasteiger partial charge in [-0.1, -0.05) is 0 Å². The molecule has 7 nitrogen and oxygen atoms in total. The Hall–Kier alpha value is -1.93. The summed E-state index contributed by atoms with van der Waals surface area (Å²) in [5.74, 6) is -3.12. The van der Waals surface area contributed by atoms with Crippen LogP contribution in [0.15, 0.2) is 29.2 Å². The van der Waals surface area contributed by atoms with Gasteiger partial charge >= 0.3 is 5.97 Å². The van der Waals surface area contributed by atoms with Crippen LogP contribution < -0.4 is 10.5 Å². The lowest BCUT2D eigenvalue weighted by Gasteiger charge is -2.08. The SMILES string of the molecule is CC(C(=O)O)C(=O)Nc1ccc(S(N)(=O)=O)cc1. The van der Waals surface area contributed by atoms with Crippen LogP contribution in [0, 0.1) is 5.92 Å². The van der Waals surface area contributed by atoms with Gasteiger partial charge in [0.25, 0.3) is 0 Å². The molecule has 0 aliphatic carbocycles. The zero-order valence-electron chi connectivity index (χ0n) is 9.45. The second-order valence-corrected chi connectivity index (χ2v) is 5.18. The van der Waals surface area contributed by atoms with Crippen molar-refractivity contribution < 1.29 is 23.1 Å². The van der Waals surface area contributed by atoms with Crippen LogP contribution in [-0.4, -0.2) is 25.4 Å². The second kappa shape index (κ2) is 5.15. The van der Waals surface area contributed by atoms with Gasteiger partial charge in [-0.15, -0.1) is 0 Å². The van der Waals surface area contributed by atoms with Gasteiger partial charge in [0.2, 0.25) is 15.9 Å². The molecule has 0 saturated carbocycles. The van der Waals surface area contributed by atoms with E-state index in [-0.39, 0.29) is 4.90 Å². The Morgan fingerprint density at radius 1 is 1.28 bits per heavy atom. The maximum Gasteiger partial charge on any atom is 0.315 e. The highest BCUT2D eigenvalue weighted by Crippen LogP contribution is 2.13. The van der Waals surface area contributed by atoms with E-state index in [1.807, 2.05) is 0 Å². The molecule has 1 aromatic rings. The highest BCUT2D eigenvalue weighted by atomic mass is 32.2. The molecule has 0 heterocycles. The summed E-state index contributed by atoms with van der Waals surface area (Å²) in [6.45, 7) is 1.25. The second-order valence-electron chi connectivity index (χ2n) is 3.62. The van der Waals surface area contributed by atoms with Crippen LogP contribution in [0.1, 0.15) is 6.92 Å². The van der Waals surface area contributed by atoms with Gasteiger partial charge in [0.1, 0.15) is 5.92 Å². The standard InChI is InChI=1S/C10H12N2O5S/c1-6(10(14)15)9(13)12-7-2-4-8(5-3-7)18(11,16)17/h2-6H,1H3,(H,12,13)(H,14,15)(H2,11,16,17). The molecule has 0 radical (unpaired) electrons. The molecule has 4 N–H and O–H groups in total. The summed E-state index contributed by atoms with van der Waals surface area (Å²) >= 11 is 0. The fourth-order valence-electron chi connectivity index (χ4n) is 1.09. The molecule has 1 amide bonds. The summed E-state index contributed by atoms with van der Waals surface area (Å²) in [5, 5.41) is 15.9. The normalized spacial score (nSPS) is 12.8. The third-order valence-corrected chi connectivity index (χ3v) is 3.14. The average molecular weight is 272 g/mol. The fourth-order valence-corrected chi connectivity index (χ4v) is 1.61. The number of hydrogen-bond donors (Lipinski definition) is 3. The Kier molecular flexibility index (Phi) is 4.04. The van der Waals surface area contributed by atoms with Gasteiger partial charge in [-0.05, 0) is 31.2 Å². The number of rotatable bonds is 4. The number of primary sulfonamides is 1. The van der Waals surface area contributed by atoms with Gasteiger partial charge in [0.05, 0.1) is 4.90 Å². The number of carbonyl (C=O) groups excluding carboxylic acids is 1. The minimum Gasteiger partial charge on any atom is -0.481 e. The number of carboxylic acids is 1. The monoisotopic (exact) mass is 272 g/mol. The van der Waals surface area contributed by atoms with Gasteiger partial charge in [-0.25, -0.2) is 13.6 Å². The number of carbonyl (C=O) groups is 2. The molecule has 0 saturated heterocycles. The zero-order chi connectivity index (χ0) is 13.9. The summed E-state index contributed by atoms with van der Waals surface area (Å²) in [6.07, 6.45) is 0. The van der Waals surface area contributed by atoms with Gasteiger partial charge in [-0.3, -0.25) is 9.59 Å². The van der Waals surface area contributed by atoms with Gasteiger partial charge in [0, 0.05) is 5.69 Å². The topological polar surface area (TPSA) is 127 Å².